The average molecular weight is 332 g/mol. The van der Waals surface area contributed by atoms with Crippen molar-refractivity contribution < 1.29 is 9.90 Å². The van der Waals surface area contributed by atoms with E-state index >= 15 is 0 Å². The summed E-state index contributed by atoms with van der Waals surface area (Å²) in [7, 11) is 0. The van der Waals surface area contributed by atoms with Crippen molar-refractivity contribution in [1.29, 1.82) is 0 Å². The zero-order chi connectivity index (χ0) is 17.2. The van der Waals surface area contributed by atoms with E-state index in [9.17, 15) is 9.90 Å². The van der Waals surface area contributed by atoms with Crippen molar-refractivity contribution >= 4 is 16.8 Å². The van der Waals surface area contributed by atoms with Crippen LogP contribution >= 0.6 is 0 Å². The molecule has 0 aliphatic carbocycles. The van der Waals surface area contributed by atoms with Gasteiger partial charge in [-0.1, -0.05) is 18.2 Å². The number of phenols is 1. The second-order valence-corrected chi connectivity index (χ2v) is 5.83. The topological polar surface area (TPSA) is 94.7 Å². The van der Waals surface area contributed by atoms with Crippen LogP contribution in [0.2, 0.25) is 0 Å². The van der Waals surface area contributed by atoms with Gasteiger partial charge in [-0.25, -0.2) is 4.98 Å². The third kappa shape index (κ3) is 2.89. The Labute approximate surface area is 143 Å². The number of fused-ring (bicyclic) bond motifs is 1. The van der Waals surface area contributed by atoms with Crippen molar-refractivity contribution in [2.24, 2.45) is 0 Å². The lowest BCUT2D eigenvalue weighted by molar-refractivity contribution is 0.0983. The number of carbonyl (C=O) groups excluding carboxylic acids is 1. The first-order valence-electron chi connectivity index (χ1n) is 8.00. The Bertz CT molecular complexity index is 1050. The minimum atomic E-state index is 0.0210. The number of aryl methyl sites for hydroxylation is 1. The van der Waals surface area contributed by atoms with Gasteiger partial charge in [-0.15, -0.1) is 0 Å². The fourth-order valence-corrected chi connectivity index (χ4v) is 2.87. The fourth-order valence-electron chi connectivity index (χ4n) is 2.87. The number of Topliss-reactive ketones (excluding diaryl/α,β-unsaturated/α-hetero) is 1. The summed E-state index contributed by atoms with van der Waals surface area (Å²) in [6.45, 7) is 0. The Kier molecular flexibility index (Phi) is 3.78. The van der Waals surface area contributed by atoms with Crippen molar-refractivity contribution in [3.05, 3.63) is 66.0 Å². The van der Waals surface area contributed by atoms with Crippen LogP contribution < -0.4 is 0 Å². The predicted molar refractivity (Wildman–Crippen MR) is 94.4 cm³/mol. The Morgan fingerprint density at radius 3 is 2.92 bits per heavy atom. The SMILES string of the molecule is O=C(CCc1ccccc1O)c1c[nH]c(-c2[nH]nc3ncccc23)c1. The van der Waals surface area contributed by atoms with Crippen LogP contribution in [0, 0.1) is 0 Å². The minimum absolute atomic E-state index is 0.0210. The van der Waals surface area contributed by atoms with Gasteiger partial charge in [0.2, 0.25) is 0 Å². The molecule has 0 fully saturated rings. The van der Waals surface area contributed by atoms with Crippen LogP contribution in [0.3, 0.4) is 0 Å². The van der Waals surface area contributed by atoms with Gasteiger partial charge < -0.3 is 10.1 Å². The predicted octanol–water partition coefficient (Wildman–Crippen LogP) is 3.47. The zero-order valence-corrected chi connectivity index (χ0v) is 13.4. The number of aromatic hydroxyl groups is 1. The minimum Gasteiger partial charge on any atom is -0.508 e. The molecule has 0 saturated carbocycles. The first kappa shape index (κ1) is 15.1. The molecule has 0 atom stereocenters. The molecule has 4 rings (SSSR count). The smallest absolute Gasteiger partial charge is 0.181 e. The lowest BCUT2D eigenvalue weighted by atomic mass is 10.0. The number of para-hydroxylation sites is 1. The number of aromatic nitrogens is 4. The molecule has 6 heteroatoms. The summed E-state index contributed by atoms with van der Waals surface area (Å²) in [5.41, 5.74) is 3.62. The molecule has 4 aromatic rings. The molecule has 0 aliphatic heterocycles. The van der Waals surface area contributed by atoms with Gasteiger partial charge in [0, 0.05) is 29.8 Å². The van der Waals surface area contributed by atoms with Crippen molar-refractivity contribution in [3.63, 3.8) is 0 Å². The highest BCUT2D eigenvalue weighted by Gasteiger charge is 2.14. The second-order valence-electron chi connectivity index (χ2n) is 5.83. The molecule has 0 amide bonds. The zero-order valence-electron chi connectivity index (χ0n) is 13.4. The summed E-state index contributed by atoms with van der Waals surface area (Å²) in [4.78, 5) is 19.8. The lowest BCUT2D eigenvalue weighted by Gasteiger charge is -2.02. The number of benzene rings is 1. The Morgan fingerprint density at radius 1 is 1.16 bits per heavy atom. The van der Waals surface area contributed by atoms with E-state index in [0.29, 0.717) is 24.1 Å². The van der Waals surface area contributed by atoms with E-state index in [1.807, 2.05) is 30.3 Å². The number of ketones is 1. The highest BCUT2D eigenvalue weighted by atomic mass is 16.3. The number of nitrogens with one attached hydrogen (secondary N) is 2. The van der Waals surface area contributed by atoms with Gasteiger partial charge in [0.15, 0.2) is 11.4 Å². The van der Waals surface area contributed by atoms with Crippen LogP contribution in [-0.2, 0) is 6.42 Å². The van der Waals surface area contributed by atoms with Gasteiger partial charge in [-0.05, 0) is 36.2 Å². The number of rotatable bonds is 5. The van der Waals surface area contributed by atoms with E-state index in [2.05, 4.69) is 20.2 Å². The largest absolute Gasteiger partial charge is 0.508 e. The Hall–Kier alpha value is -3.41. The van der Waals surface area contributed by atoms with Crippen LogP contribution in [0.25, 0.3) is 22.4 Å². The number of phenolic OH excluding ortho intramolecular Hbond substituents is 1. The Morgan fingerprint density at radius 2 is 2.04 bits per heavy atom. The van der Waals surface area contributed by atoms with Crippen molar-refractivity contribution in [1.82, 2.24) is 20.2 Å². The molecule has 25 heavy (non-hydrogen) atoms. The van der Waals surface area contributed by atoms with Gasteiger partial charge in [0.1, 0.15) is 5.75 Å². The second kappa shape index (κ2) is 6.24. The third-order valence-electron chi connectivity index (χ3n) is 4.22. The summed E-state index contributed by atoms with van der Waals surface area (Å²) in [6, 6.07) is 12.7. The molecule has 3 heterocycles. The van der Waals surface area contributed by atoms with Crippen LogP contribution in [0.5, 0.6) is 5.75 Å². The molecule has 6 nitrogen and oxygen atoms in total. The third-order valence-corrected chi connectivity index (χ3v) is 4.22. The molecule has 124 valence electrons. The molecule has 3 N–H and O–H groups in total. The maximum atomic E-state index is 12.4. The van der Waals surface area contributed by atoms with Crippen LogP contribution in [0.4, 0.5) is 0 Å². The molecule has 0 saturated heterocycles. The maximum absolute atomic E-state index is 12.4. The summed E-state index contributed by atoms with van der Waals surface area (Å²) < 4.78 is 0. The molecule has 0 bridgehead atoms. The molecule has 0 spiro atoms. The molecule has 3 aromatic heterocycles. The number of H-pyrrole nitrogens is 2. The van der Waals surface area contributed by atoms with Crippen LogP contribution in [0.1, 0.15) is 22.3 Å². The van der Waals surface area contributed by atoms with Gasteiger partial charge in [0.05, 0.1) is 11.4 Å². The van der Waals surface area contributed by atoms with Gasteiger partial charge >= 0.3 is 0 Å². The highest BCUT2D eigenvalue weighted by Crippen LogP contribution is 2.25. The first-order chi connectivity index (χ1) is 12.2. The molecule has 1 aromatic carbocycles. The molecule has 0 aliphatic rings. The van der Waals surface area contributed by atoms with Crippen molar-refractivity contribution in [3.8, 4) is 17.1 Å². The number of pyridine rings is 1. The number of aromatic amines is 2. The fraction of sp³-hybridized carbons (Fsp3) is 0.105. The highest BCUT2D eigenvalue weighted by molar-refractivity contribution is 5.98. The van der Waals surface area contributed by atoms with E-state index in [1.54, 1.807) is 24.5 Å². The number of hydrogen-bond acceptors (Lipinski definition) is 4. The average Bonchev–Trinajstić information content (AvgIpc) is 3.27. The van der Waals surface area contributed by atoms with Gasteiger partial charge in [-0.3, -0.25) is 9.89 Å². The first-order valence-corrected chi connectivity index (χ1v) is 8.00. The summed E-state index contributed by atoms with van der Waals surface area (Å²) in [5, 5.41) is 17.8. The molecule has 0 radical (unpaired) electrons. The Balaban J connectivity index is 1.53. The summed E-state index contributed by atoms with van der Waals surface area (Å²) >= 11 is 0. The summed E-state index contributed by atoms with van der Waals surface area (Å²) in [5.74, 6) is 0.245. The monoisotopic (exact) mass is 332 g/mol. The molecular formula is C19H16N4O2. The van der Waals surface area contributed by atoms with E-state index < -0.39 is 0 Å². The molecular weight excluding hydrogens is 316 g/mol. The lowest BCUT2D eigenvalue weighted by Crippen LogP contribution is -1.99. The van der Waals surface area contributed by atoms with E-state index in [1.165, 1.54) is 0 Å². The van der Waals surface area contributed by atoms with Gasteiger partial charge in [-0.2, -0.15) is 5.10 Å². The molecule has 0 unspecified atom stereocenters. The van der Waals surface area contributed by atoms with E-state index in [-0.39, 0.29) is 11.5 Å². The van der Waals surface area contributed by atoms with E-state index in [0.717, 1.165) is 22.3 Å². The van der Waals surface area contributed by atoms with Gasteiger partial charge in [0.25, 0.3) is 0 Å². The van der Waals surface area contributed by atoms with Crippen molar-refractivity contribution in [2.75, 3.05) is 0 Å². The summed E-state index contributed by atoms with van der Waals surface area (Å²) in [6.07, 6.45) is 4.23. The quantitative estimate of drug-likeness (QED) is 0.488. The maximum Gasteiger partial charge on any atom is 0.181 e. The number of hydrogen-bond donors (Lipinski definition) is 3. The van der Waals surface area contributed by atoms with Crippen LogP contribution in [0.15, 0.2) is 54.9 Å². The number of carbonyl (C=O) groups is 1. The normalized spacial score (nSPS) is 11.0. The van der Waals surface area contributed by atoms with E-state index in [4.69, 9.17) is 0 Å². The van der Waals surface area contributed by atoms with Crippen molar-refractivity contribution in [2.45, 2.75) is 12.8 Å². The van der Waals surface area contributed by atoms with Crippen LogP contribution in [-0.4, -0.2) is 31.1 Å². The standard InChI is InChI=1S/C19H16N4O2/c24-16-6-2-1-4-12(16)7-8-17(25)13-10-15(21-11-13)18-14-5-3-9-20-19(14)23-22-18/h1-6,9-11,21,24H,7-8H2,(H,20,22,23). The number of nitrogens with zero attached hydrogens (tertiary/aromatic N) is 2.